The second kappa shape index (κ2) is 4.51. The monoisotopic (exact) mass is 223 g/mol. The molecule has 1 aromatic carbocycles. The molecule has 0 aromatic heterocycles. The van der Waals surface area contributed by atoms with E-state index in [0.717, 1.165) is 6.54 Å². The van der Waals surface area contributed by atoms with Crippen LogP contribution >= 0.6 is 0 Å². The van der Waals surface area contributed by atoms with E-state index < -0.39 is 11.8 Å². The lowest BCUT2D eigenvalue weighted by Crippen LogP contribution is -2.21. The molecule has 1 fully saturated rings. The predicted octanol–water partition coefficient (Wildman–Crippen LogP) is 2.74. The highest BCUT2D eigenvalue weighted by Gasteiger charge is 2.17. The summed E-state index contributed by atoms with van der Waals surface area (Å²) in [7, 11) is 0. The average Bonchev–Trinajstić information content (AvgIpc) is 2.17. The molecule has 0 unspecified atom stereocenters. The summed E-state index contributed by atoms with van der Waals surface area (Å²) in [5.74, 6) is -1.25. The molecule has 16 heavy (non-hydrogen) atoms. The number of carboxylic acid groups (broad SMARTS) is 1. The van der Waals surface area contributed by atoms with Gasteiger partial charge in [0.1, 0.15) is 5.82 Å². The summed E-state index contributed by atoms with van der Waals surface area (Å²) in [4.78, 5) is 10.7. The number of carboxylic acids is 1. The molecular weight excluding hydrogens is 209 g/mol. The van der Waals surface area contributed by atoms with Gasteiger partial charge < -0.3 is 10.4 Å². The minimum atomic E-state index is -1.23. The number of hydrogen-bond acceptors (Lipinski definition) is 2. The van der Waals surface area contributed by atoms with Crippen molar-refractivity contribution in [2.75, 3.05) is 11.9 Å². The number of carbonyl (C=O) groups is 1. The zero-order valence-corrected chi connectivity index (χ0v) is 8.87. The van der Waals surface area contributed by atoms with E-state index in [1.165, 1.54) is 31.4 Å². The molecule has 0 saturated heterocycles. The summed E-state index contributed by atoms with van der Waals surface area (Å²) in [5.41, 5.74) is 0.393. The maximum absolute atomic E-state index is 13.1. The van der Waals surface area contributed by atoms with Crippen molar-refractivity contribution in [3.63, 3.8) is 0 Å². The first-order valence-corrected chi connectivity index (χ1v) is 5.43. The molecule has 4 heteroatoms. The molecule has 1 aliphatic rings. The predicted molar refractivity (Wildman–Crippen MR) is 59.2 cm³/mol. The van der Waals surface area contributed by atoms with Crippen molar-refractivity contribution in [1.82, 2.24) is 0 Å². The van der Waals surface area contributed by atoms with Gasteiger partial charge in [0, 0.05) is 12.2 Å². The quantitative estimate of drug-likeness (QED) is 0.825. The number of halogens is 1. The molecule has 0 aliphatic heterocycles. The Morgan fingerprint density at radius 1 is 1.50 bits per heavy atom. The lowest BCUT2D eigenvalue weighted by molar-refractivity contribution is 0.0692. The van der Waals surface area contributed by atoms with Gasteiger partial charge in [0.25, 0.3) is 0 Å². The molecule has 0 bridgehead atoms. The van der Waals surface area contributed by atoms with Gasteiger partial charge in [-0.15, -0.1) is 0 Å². The van der Waals surface area contributed by atoms with Crippen LogP contribution < -0.4 is 5.32 Å². The van der Waals surface area contributed by atoms with Crippen LogP contribution in [-0.2, 0) is 0 Å². The van der Waals surface area contributed by atoms with Gasteiger partial charge in [-0.25, -0.2) is 9.18 Å². The van der Waals surface area contributed by atoms with Gasteiger partial charge in [-0.2, -0.15) is 0 Å². The van der Waals surface area contributed by atoms with Gasteiger partial charge in [-0.1, -0.05) is 6.42 Å². The van der Waals surface area contributed by atoms with Crippen LogP contribution in [0.1, 0.15) is 29.6 Å². The molecule has 0 heterocycles. The van der Waals surface area contributed by atoms with E-state index in [1.807, 2.05) is 0 Å². The summed E-state index contributed by atoms with van der Waals surface area (Å²) in [5, 5.41) is 11.9. The average molecular weight is 223 g/mol. The fraction of sp³-hybridized carbons (Fsp3) is 0.417. The van der Waals surface area contributed by atoms with Gasteiger partial charge in [0.05, 0.1) is 5.56 Å². The molecule has 0 radical (unpaired) electrons. The van der Waals surface area contributed by atoms with Crippen molar-refractivity contribution >= 4 is 11.7 Å². The molecule has 2 N–H and O–H groups in total. The Hall–Kier alpha value is -1.58. The summed E-state index contributed by atoms with van der Waals surface area (Å²) in [6, 6.07) is 4.10. The number of benzene rings is 1. The van der Waals surface area contributed by atoms with Crippen LogP contribution in [-0.4, -0.2) is 17.6 Å². The van der Waals surface area contributed by atoms with Crippen LogP contribution in [0.25, 0.3) is 0 Å². The van der Waals surface area contributed by atoms with Gasteiger partial charge >= 0.3 is 5.97 Å². The van der Waals surface area contributed by atoms with E-state index in [9.17, 15) is 9.18 Å². The highest BCUT2D eigenvalue weighted by Crippen LogP contribution is 2.26. The molecule has 3 nitrogen and oxygen atoms in total. The zero-order chi connectivity index (χ0) is 11.5. The normalized spacial score (nSPS) is 15.6. The molecule has 0 spiro atoms. The third-order valence-electron chi connectivity index (χ3n) is 3.02. The second-order valence-corrected chi connectivity index (χ2v) is 4.18. The van der Waals surface area contributed by atoms with Crippen LogP contribution in [0.2, 0.25) is 0 Å². The first kappa shape index (κ1) is 10.9. The van der Waals surface area contributed by atoms with Gasteiger partial charge in [0.15, 0.2) is 0 Å². The lowest BCUT2D eigenvalue weighted by Gasteiger charge is -2.25. The molecule has 0 atom stereocenters. The van der Waals surface area contributed by atoms with Crippen molar-refractivity contribution in [3.8, 4) is 0 Å². The number of rotatable bonds is 4. The summed E-state index contributed by atoms with van der Waals surface area (Å²) in [6.07, 6.45) is 3.72. The molecular formula is C12H14FNO2. The van der Waals surface area contributed by atoms with E-state index in [-0.39, 0.29) is 5.56 Å². The van der Waals surface area contributed by atoms with Gasteiger partial charge in [-0.3, -0.25) is 0 Å². The largest absolute Gasteiger partial charge is 0.478 e. The minimum Gasteiger partial charge on any atom is -0.478 e. The fourth-order valence-electron chi connectivity index (χ4n) is 1.76. The number of nitrogens with one attached hydrogen (secondary N) is 1. The number of hydrogen-bond donors (Lipinski definition) is 2. The Balaban J connectivity index is 2.03. The first-order valence-electron chi connectivity index (χ1n) is 5.43. The number of anilines is 1. The zero-order valence-electron chi connectivity index (χ0n) is 8.87. The van der Waals surface area contributed by atoms with Crippen LogP contribution in [0.4, 0.5) is 10.1 Å². The second-order valence-electron chi connectivity index (χ2n) is 4.18. The Kier molecular flexibility index (Phi) is 3.08. The van der Waals surface area contributed by atoms with Gasteiger partial charge in [-0.05, 0) is 37.0 Å². The molecule has 0 amide bonds. The van der Waals surface area contributed by atoms with Crippen molar-refractivity contribution < 1.29 is 14.3 Å². The Labute approximate surface area is 93.3 Å². The summed E-state index contributed by atoms with van der Waals surface area (Å²) < 4.78 is 13.1. The molecule has 1 saturated carbocycles. The lowest BCUT2D eigenvalue weighted by atomic mass is 9.85. The Morgan fingerprint density at radius 3 is 2.81 bits per heavy atom. The standard InChI is InChI=1S/C12H14FNO2/c13-11-5-4-9(6-10(11)12(15)16)14-7-8-2-1-3-8/h4-6,8,14H,1-3,7H2,(H,15,16). The summed E-state index contributed by atoms with van der Waals surface area (Å²) in [6.45, 7) is 0.838. The smallest absolute Gasteiger partial charge is 0.338 e. The first-order chi connectivity index (χ1) is 7.66. The van der Waals surface area contributed by atoms with Crippen LogP contribution in [0.5, 0.6) is 0 Å². The summed E-state index contributed by atoms with van der Waals surface area (Å²) >= 11 is 0. The Bertz CT molecular complexity index is 402. The topological polar surface area (TPSA) is 49.3 Å². The van der Waals surface area contributed by atoms with E-state index in [2.05, 4.69) is 5.32 Å². The van der Waals surface area contributed by atoms with Crippen molar-refractivity contribution in [3.05, 3.63) is 29.6 Å². The minimum absolute atomic E-state index is 0.279. The maximum atomic E-state index is 13.1. The van der Waals surface area contributed by atoms with Crippen LogP contribution in [0.3, 0.4) is 0 Å². The van der Waals surface area contributed by atoms with Crippen molar-refractivity contribution in [2.45, 2.75) is 19.3 Å². The number of aromatic carboxylic acids is 1. The van der Waals surface area contributed by atoms with E-state index in [1.54, 1.807) is 6.07 Å². The van der Waals surface area contributed by atoms with Crippen molar-refractivity contribution in [1.29, 1.82) is 0 Å². The molecule has 1 aliphatic carbocycles. The fourth-order valence-corrected chi connectivity index (χ4v) is 1.76. The maximum Gasteiger partial charge on any atom is 0.338 e. The highest BCUT2D eigenvalue weighted by atomic mass is 19.1. The van der Waals surface area contributed by atoms with E-state index >= 15 is 0 Å². The Morgan fingerprint density at radius 2 is 2.25 bits per heavy atom. The third kappa shape index (κ3) is 2.32. The molecule has 2 rings (SSSR count). The van der Waals surface area contributed by atoms with Crippen LogP contribution in [0.15, 0.2) is 18.2 Å². The van der Waals surface area contributed by atoms with Crippen LogP contribution in [0, 0.1) is 11.7 Å². The highest BCUT2D eigenvalue weighted by molar-refractivity contribution is 5.89. The SMILES string of the molecule is O=C(O)c1cc(NCC2CCC2)ccc1F. The van der Waals surface area contributed by atoms with E-state index in [4.69, 9.17) is 5.11 Å². The van der Waals surface area contributed by atoms with E-state index in [0.29, 0.717) is 11.6 Å². The molecule has 1 aromatic rings. The molecule has 86 valence electrons. The van der Waals surface area contributed by atoms with Gasteiger partial charge in [0.2, 0.25) is 0 Å². The van der Waals surface area contributed by atoms with Crippen molar-refractivity contribution in [2.24, 2.45) is 5.92 Å². The third-order valence-corrected chi connectivity index (χ3v) is 3.02.